The van der Waals surface area contributed by atoms with Crippen molar-refractivity contribution in [1.29, 1.82) is 0 Å². The highest BCUT2D eigenvalue weighted by molar-refractivity contribution is 7.99. The van der Waals surface area contributed by atoms with E-state index in [0.29, 0.717) is 16.0 Å². The molecule has 0 fully saturated rings. The van der Waals surface area contributed by atoms with Crippen molar-refractivity contribution in [3.8, 4) is 5.69 Å². The molecular weight excluding hydrogens is 478 g/mol. The van der Waals surface area contributed by atoms with Gasteiger partial charge in [0.2, 0.25) is 5.91 Å². The van der Waals surface area contributed by atoms with Gasteiger partial charge in [0.1, 0.15) is 0 Å². The van der Waals surface area contributed by atoms with Gasteiger partial charge in [0.05, 0.1) is 16.3 Å². The molecule has 2 N–H and O–H groups in total. The molecule has 0 saturated carbocycles. The molecule has 11 heteroatoms. The maximum absolute atomic E-state index is 12.5. The van der Waals surface area contributed by atoms with Crippen molar-refractivity contribution < 1.29 is 13.2 Å². The maximum atomic E-state index is 12.5. The zero-order chi connectivity index (χ0) is 23.4. The van der Waals surface area contributed by atoms with Crippen molar-refractivity contribution in [3.05, 3.63) is 77.6 Å². The second-order valence-electron chi connectivity index (χ2n) is 7.10. The van der Waals surface area contributed by atoms with E-state index in [4.69, 9.17) is 0 Å². The van der Waals surface area contributed by atoms with Crippen LogP contribution in [0.4, 0.5) is 10.8 Å². The lowest BCUT2D eigenvalue weighted by Gasteiger charge is -2.12. The number of anilines is 2. The van der Waals surface area contributed by atoms with Gasteiger partial charge in [-0.1, -0.05) is 23.9 Å². The Kier molecular flexibility index (Phi) is 6.82. The summed E-state index contributed by atoms with van der Waals surface area (Å²) in [4.78, 5) is 20.8. The Morgan fingerprint density at radius 3 is 2.61 bits per heavy atom. The summed E-state index contributed by atoms with van der Waals surface area (Å²) in [6.45, 7) is 4.11. The number of amides is 1. The summed E-state index contributed by atoms with van der Waals surface area (Å²) in [7, 11) is -3.74. The Hall–Kier alpha value is -3.15. The van der Waals surface area contributed by atoms with E-state index in [0.717, 1.165) is 11.3 Å². The molecule has 0 radical (unpaired) electrons. The van der Waals surface area contributed by atoms with Gasteiger partial charge in [0.15, 0.2) is 10.3 Å². The summed E-state index contributed by atoms with van der Waals surface area (Å²) in [6, 6.07) is 12.0. The summed E-state index contributed by atoms with van der Waals surface area (Å²) in [5, 5.41) is 5.48. The monoisotopic (exact) mass is 499 g/mol. The minimum absolute atomic E-state index is 0.0839. The standard InChI is InChI=1S/C22H21N5O3S3/c1-15-4-3-5-19(16(15)2)27-12-10-24-22(27)32-14-20(28)25-17-6-8-18(9-7-17)33(29,30)26-21-23-11-13-31-21/h3-13H,14H2,1-2H3,(H,23,26)(H,25,28). The van der Waals surface area contributed by atoms with Crippen LogP contribution in [-0.4, -0.2) is 34.6 Å². The van der Waals surface area contributed by atoms with Gasteiger partial charge < -0.3 is 5.32 Å². The van der Waals surface area contributed by atoms with Crippen LogP contribution in [0.1, 0.15) is 11.1 Å². The van der Waals surface area contributed by atoms with Crippen LogP contribution in [0.15, 0.2) is 76.5 Å². The highest BCUT2D eigenvalue weighted by Gasteiger charge is 2.16. The molecule has 1 amide bonds. The van der Waals surface area contributed by atoms with E-state index in [1.165, 1.54) is 47.0 Å². The van der Waals surface area contributed by atoms with Gasteiger partial charge in [-0.05, 0) is 55.3 Å². The number of nitrogens with one attached hydrogen (secondary N) is 2. The number of benzene rings is 2. The first kappa shape index (κ1) is 23.0. The van der Waals surface area contributed by atoms with Gasteiger partial charge in [-0.3, -0.25) is 14.1 Å². The third-order valence-electron chi connectivity index (χ3n) is 4.88. The molecule has 0 aliphatic heterocycles. The Bertz CT molecular complexity index is 1360. The molecule has 0 saturated heterocycles. The summed E-state index contributed by atoms with van der Waals surface area (Å²) in [5.41, 5.74) is 3.87. The molecule has 0 aliphatic carbocycles. The van der Waals surface area contributed by atoms with Gasteiger partial charge in [-0.15, -0.1) is 11.3 Å². The van der Waals surface area contributed by atoms with Gasteiger partial charge in [0.25, 0.3) is 10.0 Å². The summed E-state index contributed by atoms with van der Waals surface area (Å²) in [5.74, 6) is -0.0555. The number of imidazole rings is 1. The highest BCUT2D eigenvalue weighted by atomic mass is 32.2. The third-order valence-corrected chi connectivity index (χ3v) is 8.02. The summed E-state index contributed by atoms with van der Waals surface area (Å²) in [6.07, 6.45) is 5.11. The van der Waals surface area contributed by atoms with Crippen molar-refractivity contribution in [3.63, 3.8) is 0 Å². The third kappa shape index (κ3) is 5.44. The lowest BCUT2D eigenvalue weighted by Crippen LogP contribution is -2.15. The van der Waals surface area contributed by atoms with Crippen molar-refractivity contribution in [2.45, 2.75) is 23.9 Å². The van der Waals surface area contributed by atoms with E-state index >= 15 is 0 Å². The average Bonchev–Trinajstić information content (AvgIpc) is 3.46. The molecule has 4 rings (SSSR count). The van der Waals surface area contributed by atoms with Crippen LogP contribution in [0.25, 0.3) is 5.69 Å². The molecule has 0 atom stereocenters. The van der Waals surface area contributed by atoms with Crippen LogP contribution >= 0.6 is 23.1 Å². The topological polar surface area (TPSA) is 106 Å². The highest BCUT2D eigenvalue weighted by Crippen LogP contribution is 2.25. The van der Waals surface area contributed by atoms with Crippen molar-refractivity contribution >= 4 is 49.8 Å². The van der Waals surface area contributed by atoms with E-state index in [-0.39, 0.29) is 16.6 Å². The first-order chi connectivity index (χ1) is 15.8. The zero-order valence-corrected chi connectivity index (χ0v) is 20.3. The van der Waals surface area contributed by atoms with Crippen molar-refractivity contribution in [2.75, 3.05) is 15.8 Å². The van der Waals surface area contributed by atoms with E-state index < -0.39 is 10.0 Å². The van der Waals surface area contributed by atoms with Gasteiger partial charge >= 0.3 is 0 Å². The van der Waals surface area contributed by atoms with E-state index in [2.05, 4.69) is 39.9 Å². The molecule has 170 valence electrons. The van der Waals surface area contributed by atoms with Crippen LogP contribution in [0.5, 0.6) is 0 Å². The number of carbonyl (C=O) groups is 1. The lowest BCUT2D eigenvalue weighted by atomic mass is 10.1. The second-order valence-corrected chi connectivity index (χ2v) is 10.6. The van der Waals surface area contributed by atoms with Crippen LogP contribution in [0.2, 0.25) is 0 Å². The average molecular weight is 500 g/mol. The lowest BCUT2D eigenvalue weighted by molar-refractivity contribution is -0.113. The number of hydrogen-bond donors (Lipinski definition) is 2. The molecule has 0 aliphatic rings. The molecule has 2 heterocycles. The first-order valence-corrected chi connectivity index (χ1v) is 13.2. The number of hydrogen-bond acceptors (Lipinski definition) is 7. The molecule has 4 aromatic rings. The molecule has 0 spiro atoms. The van der Waals surface area contributed by atoms with Crippen LogP contribution in [0, 0.1) is 13.8 Å². The number of aromatic nitrogens is 3. The molecule has 8 nitrogen and oxygen atoms in total. The number of carbonyl (C=O) groups excluding carboxylic acids is 1. The van der Waals surface area contributed by atoms with Crippen molar-refractivity contribution in [1.82, 2.24) is 14.5 Å². The fraction of sp³-hybridized carbons (Fsp3) is 0.136. The number of thiazole rings is 1. The van der Waals surface area contributed by atoms with E-state index in [1.54, 1.807) is 23.7 Å². The Morgan fingerprint density at radius 1 is 1.09 bits per heavy atom. The number of sulfonamides is 1. The van der Waals surface area contributed by atoms with E-state index in [1.807, 2.05) is 22.9 Å². The maximum Gasteiger partial charge on any atom is 0.263 e. The Balaban J connectivity index is 1.37. The number of nitrogens with zero attached hydrogens (tertiary/aromatic N) is 3. The largest absolute Gasteiger partial charge is 0.325 e. The van der Waals surface area contributed by atoms with Crippen LogP contribution in [0.3, 0.4) is 0 Å². The molecule has 0 unspecified atom stereocenters. The quantitative estimate of drug-likeness (QED) is 0.346. The van der Waals surface area contributed by atoms with Crippen LogP contribution < -0.4 is 10.0 Å². The predicted octanol–water partition coefficient (Wildman–Crippen LogP) is 4.48. The number of rotatable bonds is 8. The predicted molar refractivity (Wildman–Crippen MR) is 132 cm³/mol. The summed E-state index contributed by atoms with van der Waals surface area (Å²) >= 11 is 2.52. The van der Waals surface area contributed by atoms with Gasteiger partial charge in [-0.25, -0.2) is 18.4 Å². The SMILES string of the molecule is Cc1cccc(-n2ccnc2SCC(=O)Nc2ccc(S(=O)(=O)Nc3nccs3)cc2)c1C. The minimum Gasteiger partial charge on any atom is -0.325 e. The van der Waals surface area contributed by atoms with Gasteiger partial charge in [0, 0.05) is 29.7 Å². The minimum atomic E-state index is -3.74. The summed E-state index contributed by atoms with van der Waals surface area (Å²) < 4.78 is 29.2. The van der Waals surface area contributed by atoms with Crippen molar-refractivity contribution in [2.24, 2.45) is 0 Å². The van der Waals surface area contributed by atoms with E-state index in [9.17, 15) is 13.2 Å². The zero-order valence-electron chi connectivity index (χ0n) is 17.8. The molecule has 33 heavy (non-hydrogen) atoms. The smallest absolute Gasteiger partial charge is 0.263 e. The first-order valence-electron chi connectivity index (χ1n) is 9.88. The second kappa shape index (κ2) is 9.77. The van der Waals surface area contributed by atoms with Crippen LogP contribution in [-0.2, 0) is 14.8 Å². The fourth-order valence-electron chi connectivity index (χ4n) is 3.07. The molecular formula is C22H21N5O3S3. The molecule has 2 aromatic heterocycles. The Labute approximate surface area is 200 Å². The fourth-order valence-corrected chi connectivity index (χ4v) is 5.62. The molecule has 2 aromatic carbocycles. The number of aryl methyl sites for hydroxylation is 1. The van der Waals surface area contributed by atoms with Gasteiger partial charge in [-0.2, -0.15) is 0 Å². The molecule has 0 bridgehead atoms. The normalized spacial score (nSPS) is 11.3. The number of thioether (sulfide) groups is 1. The Morgan fingerprint density at radius 2 is 1.88 bits per heavy atom.